The number of hydrogen-bond donors (Lipinski definition) is 0. The van der Waals surface area contributed by atoms with E-state index in [4.69, 9.17) is 4.74 Å². The van der Waals surface area contributed by atoms with Crippen LogP contribution >= 0.6 is 0 Å². The van der Waals surface area contributed by atoms with Crippen molar-refractivity contribution < 1.29 is 9.53 Å². The van der Waals surface area contributed by atoms with E-state index in [0.29, 0.717) is 6.61 Å². The standard InChI is InChI=1S/C23H40O2/c1-3-8-19-10-14-21(15-11-19)22-16-12-20(13-17-22)9-6-5-7-18-25-23(24)4-2/h4,19-22H,2-3,5-18H2,1H3. The van der Waals surface area contributed by atoms with Gasteiger partial charge in [-0.05, 0) is 55.8 Å². The first-order valence-corrected chi connectivity index (χ1v) is 11.0. The molecule has 0 N–H and O–H groups in total. The van der Waals surface area contributed by atoms with Crippen LogP contribution in [0, 0.1) is 23.7 Å². The Hall–Kier alpha value is -0.790. The third kappa shape index (κ3) is 7.54. The normalized spacial score (nSPS) is 30.0. The Labute approximate surface area is 155 Å². The number of esters is 1. The molecular weight excluding hydrogens is 308 g/mol. The van der Waals surface area contributed by atoms with Crippen LogP contribution in [0.1, 0.15) is 96.8 Å². The minimum absolute atomic E-state index is 0.290. The summed E-state index contributed by atoms with van der Waals surface area (Å²) >= 11 is 0. The number of rotatable bonds is 10. The van der Waals surface area contributed by atoms with Crippen molar-refractivity contribution >= 4 is 5.97 Å². The van der Waals surface area contributed by atoms with Crippen LogP contribution in [0.5, 0.6) is 0 Å². The molecule has 0 spiro atoms. The fourth-order valence-corrected chi connectivity index (χ4v) is 5.25. The van der Waals surface area contributed by atoms with Gasteiger partial charge < -0.3 is 4.74 Å². The highest BCUT2D eigenvalue weighted by atomic mass is 16.5. The van der Waals surface area contributed by atoms with Gasteiger partial charge in [0.15, 0.2) is 0 Å². The van der Waals surface area contributed by atoms with Crippen molar-refractivity contribution in [3.8, 4) is 0 Å². The van der Waals surface area contributed by atoms with Crippen LogP contribution in [0.15, 0.2) is 12.7 Å². The van der Waals surface area contributed by atoms with E-state index in [0.717, 1.165) is 30.1 Å². The molecular formula is C23H40O2. The van der Waals surface area contributed by atoms with Gasteiger partial charge in [0.1, 0.15) is 0 Å². The highest BCUT2D eigenvalue weighted by Gasteiger charge is 2.30. The fourth-order valence-electron chi connectivity index (χ4n) is 5.25. The van der Waals surface area contributed by atoms with Crippen molar-refractivity contribution in [3.05, 3.63) is 12.7 Å². The van der Waals surface area contributed by atoms with Crippen LogP contribution in [0.25, 0.3) is 0 Å². The second kappa shape index (κ2) is 11.8. The van der Waals surface area contributed by atoms with Gasteiger partial charge in [0.2, 0.25) is 0 Å². The van der Waals surface area contributed by atoms with E-state index >= 15 is 0 Å². The number of carbonyl (C=O) groups is 1. The minimum atomic E-state index is -0.290. The zero-order valence-corrected chi connectivity index (χ0v) is 16.5. The molecule has 144 valence electrons. The molecule has 2 heteroatoms. The molecule has 0 unspecified atom stereocenters. The van der Waals surface area contributed by atoms with Crippen molar-refractivity contribution in [1.82, 2.24) is 0 Å². The summed E-state index contributed by atoms with van der Waals surface area (Å²) in [4.78, 5) is 11.0. The number of ether oxygens (including phenoxy) is 1. The van der Waals surface area contributed by atoms with Crippen LogP contribution in [-0.2, 0) is 9.53 Å². The van der Waals surface area contributed by atoms with E-state index in [-0.39, 0.29) is 5.97 Å². The summed E-state index contributed by atoms with van der Waals surface area (Å²) < 4.78 is 5.03. The molecule has 0 heterocycles. The Morgan fingerprint density at radius 3 is 1.96 bits per heavy atom. The topological polar surface area (TPSA) is 26.3 Å². The summed E-state index contributed by atoms with van der Waals surface area (Å²) in [6.07, 6.45) is 20.9. The second-order valence-electron chi connectivity index (χ2n) is 8.57. The van der Waals surface area contributed by atoms with Crippen molar-refractivity contribution in [2.24, 2.45) is 23.7 Å². The summed E-state index contributed by atoms with van der Waals surface area (Å²) in [6.45, 7) is 6.30. The number of unbranched alkanes of at least 4 members (excludes halogenated alkanes) is 2. The van der Waals surface area contributed by atoms with E-state index in [1.54, 1.807) is 0 Å². The molecule has 0 bridgehead atoms. The lowest BCUT2D eigenvalue weighted by Gasteiger charge is -2.38. The van der Waals surface area contributed by atoms with E-state index in [1.165, 1.54) is 89.5 Å². The molecule has 2 fully saturated rings. The average molecular weight is 349 g/mol. The summed E-state index contributed by atoms with van der Waals surface area (Å²) in [6, 6.07) is 0. The SMILES string of the molecule is C=CC(=O)OCCCCCC1CCC(C2CCC(CCC)CC2)CC1. The summed E-state index contributed by atoms with van der Waals surface area (Å²) in [7, 11) is 0. The lowest BCUT2D eigenvalue weighted by atomic mass is 9.68. The molecule has 2 rings (SSSR count). The van der Waals surface area contributed by atoms with Gasteiger partial charge in [0.05, 0.1) is 6.61 Å². The van der Waals surface area contributed by atoms with Gasteiger partial charge >= 0.3 is 5.97 Å². The number of carbonyl (C=O) groups excluding carboxylic acids is 1. The zero-order valence-electron chi connectivity index (χ0n) is 16.5. The maximum absolute atomic E-state index is 11.0. The average Bonchev–Trinajstić information content (AvgIpc) is 2.66. The van der Waals surface area contributed by atoms with E-state index in [1.807, 2.05) is 0 Å². The predicted octanol–water partition coefficient (Wildman–Crippen LogP) is 6.69. The zero-order chi connectivity index (χ0) is 17.9. The second-order valence-corrected chi connectivity index (χ2v) is 8.57. The van der Waals surface area contributed by atoms with Gasteiger partial charge in [-0.1, -0.05) is 71.3 Å². The molecule has 2 saturated carbocycles. The smallest absolute Gasteiger partial charge is 0.330 e. The van der Waals surface area contributed by atoms with Crippen LogP contribution in [-0.4, -0.2) is 12.6 Å². The third-order valence-electron chi connectivity index (χ3n) is 6.81. The molecule has 0 aromatic heterocycles. The van der Waals surface area contributed by atoms with Crippen molar-refractivity contribution in [2.45, 2.75) is 96.8 Å². The molecule has 2 aliphatic carbocycles. The van der Waals surface area contributed by atoms with E-state index in [2.05, 4.69) is 13.5 Å². The lowest BCUT2D eigenvalue weighted by Crippen LogP contribution is -2.25. The highest BCUT2D eigenvalue weighted by molar-refractivity contribution is 5.81. The first-order valence-electron chi connectivity index (χ1n) is 11.0. The lowest BCUT2D eigenvalue weighted by molar-refractivity contribution is -0.137. The molecule has 0 amide bonds. The van der Waals surface area contributed by atoms with Crippen molar-refractivity contribution in [3.63, 3.8) is 0 Å². The van der Waals surface area contributed by atoms with Crippen LogP contribution < -0.4 is 0 Å². The quantitative estimate of drug-likeness (QED) is 0.250. The third-order valence-corrected chi connectivity index (χ3v) is 6.81. The van der Waals surface area contributed by atoms with Gasteiger partial charge in [0, 0.05) is 6.08 Å². The first kappa shape index (κ1) is 20.5. The molecule has 0 aromatic carbocycles. The minimum Gasteiger partial charge on any atom is -0.463 e. The van der Waals surface area contributed by atoms with Gasteiger partial charge in [-0.2, -0.15) is 0 Å². The van der Waals surface area contributed by atoms with E-state index < -0.39 is 0 Å². The largest absolute Gasteiger partial charge is 0.463 e. The highest BCUT2D eigenvalue weighted by Crippen LogP contribution is 2.43. The maximum atomic E-state index is 11.0. The summed E-state index contributed by atoms with van der Waals surface area (Å²) in [5.74, 6) is 3.81. The molecule has 25 heavy (non-hydrogen) atoms. The summed E-state index contributed by atoms with van der Waals surface area (Å²) in [5, 5.41) is 0. The molecule has 0 aromatic rings. The molecule has 0 saturated heterocycles. The van der Waals surface area contributed by atoms with Gasteiger partial charge in [0.25, 0.3) is 0 Å². The Morgan fingerprint density at radius 1 is 0.880 bits per heavy atom. The maximum Gasteiger partial charge on any atom is 0.330 e. The predicted molar refractivity (Wildman–Crippen MR) is 105 cm³/mol. The molecule has 0 atom stereocenters. The molecule has 2 aliphatic rings. The Bertz CT molecular complexity index is 374. The Kier molecular flexibility index (Phi) is 9.65. The molecule has 0 aliphatic heterocycles. The van der Waals surface area contributed by atoms with Crippen molar-refractivity contribution in [1.29, 1.82) is 0 Å². The van der Waals surface area contributed by atoms with Gasteiger partial charge in [-0.3, -0.25) is 0 Å². The van der Waals surface area contributed by atoms with Crippen LogP contribution in [0.4, 0.5) is 0 Å². The van der Waals surface area contributed by atoms with E-state index in [9.17, 15) is 4.79 Å². The molecule has 2 nitrogen and oxygen atoms in total. The van der Waals surface area contributed by atoms with Gasteiger partial charge in [-0.25, -0.2) is 4.79 Å². The fraction of sp³-hybridized carbons (Fsp3) is 0.870. The first-order chi connectivity index (χ1) is 12.2. The Morgan fingerprint density at radius 2 is 1.44 bits per heavy atom. The summed E-state index contributed by atoms with van der Waals surface area (Å²) in [5.41, 5.74) is 0. The Balaban J connectivity index is 1.50. The van der Waals surface area contributed by atoms with Crippen molar-refractivity contribution in [2.75, 3.05) is 6.61 Å². The molecule has 0 radical (unpaired) electrons. The monoisotopic (exact) mass is 348 g/mol. The van der Waals surface area contributed by atoms with Crippen LogP contribution in [0.2, 0.25) is 0 Å². The number of hydrogen-bond acceptors (Lipinski definition) is 2. The van der Waals surface area contributed by atoms with Gasteiger partial charge in [-0.15, -0.1) is 0 Å². The van der Waals surface area contributed by atoms with Crippen LogP contribution in [0.3, 0.4) is 0 Å².